The lowest BCUT2D eigenvalue weighted by atomic mass is 9.88. The number of hydrogen-bond donors (Lipinski definition) is 1. The van der Waals surface area contributed by atoms with Gasteiger partial charge in [0, 0.05) is 26.6 Å². The zero-order chi connectivity index (χ0) is 16.7. The fourth-order valence-corrected chi connectivity index (χ4v) is 2.80. The highest BCUT2D eigenvalue weighted by Crippen LogP contribution is 2.31. The molecule has 1 aliphatic heterocycles. The zero-order valence-electron chi connectivity index (χ0n) is 13.4. The Hall–Kier alpha value is -2.08. The van der Waals surface area contributed by atoms with Crippen LogP contribution in [0.5, 0.6) is 5.75 Å². The van der Waals surface area contributed by atoms with Crippen molar-refractivity contribution in [1.29, 1.82) is 0 Å². The average molecular weight is 321 g/mol. The first-order chi connectivity index (χ1) is 11.1. The fraction of sp³-hybridized carbons (Fsp3) is 0.529. The predicted molar refractivity (Wildman–Crippen MR) is 84.3 cm³/mol. The van der Waals surface area contributed by atoms with Gasteiger partial charge in [0.1, 0.15) is 11.2 Å². The zero-order valence-corrected chi connectivity index (χ0v) is 13.4. The van der Waals surface area contributed by atoms with Gasteiger partial charge in [-0.05, 0) is 25.0 Å². The van der Waals surface area contributed by atoms with Crippen LogP contribution in [0.4, 0.5) is 0 Å². The van der Waals surface area contributed by atoms with Gasteiger partial charge in [-0.3, -0.25) is 9.59 Å². The second kappa shape index (κ2) is 7.97. The SMILES string of the molecule is COCC1(C(=O)O)CCN(C(=O)CCCOc2ccccc2)C1. The number of nitrogens with zero attached hydrogens (tertiary/aromatic N) is 1. The largest absolute Gasteiger partial charge is 0.494 e. The van der Waals surface area contributed by atoms with Crippen molar-refractivity contribution in [3.05, 3.63) is 30.3 Å². The van der Waals surface area contributed by atoms with Crippen molar-refractivity contribution in [2.75, 3.05) is 33.4 Å². The molecule has 6 heteroatoms. The van der Waals surface area contributed by atoms with Crippen LogP contribution in [-0.4, -0.2) is 55.3 Å². The minimum Gasteiger partial charge on any atom is -0.494 e. The highest BCUT2D eigenvalue weighted by atomic mass is 16.5. The van der Waals surface area contributed by atoms with Gasteiger partial charge in [-0.1, -0.05) is 18.2 Å². The smallest absolute Gasteiger partial charge is 0.313 e. The summed E-state index contributed by atoms with van der Waals surface area (Å²) in [6.45, 7) is 1.28. The molecule has 1 heterocycles. The Kier molecular flexibility index (Phi) is 5.98. The number of carbonyl (C=O) groups is 2. The molecule has 0 bridgehead atoms. The molecular weight excluding hydrogens is 298 g/mol. The maximum absolute atomic E-state index is 12.2. The van der Waals surface area contributed by atoms with Crippen LogP contribution in [0.25, 0.3) is 0 Å². The molecule has 6 nitrogen and oxygen atoms in total. The van der Waals surface area contributed by atoms with Crippen LogP contribution in [0, 0.1) is 5.41 Å². The quantitative estimate of drug-likeness (QED) is 0.739. The highest BCUT2D eigenvalue weighted by molar-refractivity contribution is 5.80. The summed E-state index contributed by atoms with van der Waals surface area (Å²) < 4.78 is 10.6. The van der Waals surface area contributed by atoms with Gasteiger partial charge in [0.15, 0.2) is 0 Å². The molecule has 0 spiro atoms. The second-order valence-corrected chi connectivity index (χ2v) is 5.85. The van der Waals surface area contributed by atoms with E-state index in [-0.39, 0.29) is 19.1 Å². The van der Waals surface area contributed by atoms with Crippen molar-refractivity contribution < 1.29 is 24.2 Å². The lowest BCUT2D eigenvalue weighted by molar-refractivity contribution is -0.151. The molecule has 1 atom stereocenters. The van der Waals surface area contributed by atoms with E-state index in [1.54, 1.807) is 4.90 Å². The summed E-state index contributed by atoms with van der Waals surface area (Å²) in [6, 6.07) is 9.44. The van der Waals surface area contributed by atoms with E-state index in [4.69, 9.17) is 9.47 Å². The topological polar surface area (TPSA) is 76.1 Å². The van der Waals surface area contributed by atoms with Crippen molar-refractivity contribution in [2.45, 2.75) is 19.3 Å². The summed E-state index contributed by atoms with van der Waals surface area (Å²) in [5, 5.41) is 9.40. The van der Waals surface area contributed by atoms with Crippen molar-refractivity contribution in [2.24, 2.45) is 5.41 Å². The molecule has 0 aliphatic carbocycles. The molecule has 2 rings (SSSR count). The molecule has 1 aliphatic rings. The van der Waals surface area contributed by atoms with Crippen LogP contribution in [0.15, 0.2) is 30.3 Å². The van der Waals surface area contributed by atoms with E-state index in [1.165, 1.54) is 7.11 Å². The van der Waals surface area contributed by atoms with E-state index < -0.39 is 11.4 Å². The number of carbonyl (C=O) groups excluding carboxylic acids is 1. The van der Waals surface area contributed by atoms with Crippen molar-refractivity contribution in [3.8, 4) is 5.75 Å². The van der Waals surface area contributed by atoms with Crippen molar-refractivity contribution in [3.63, 3.8) is 0 Å². The Morgan fingerprint density at radius 2 is 2.04 bits per heavy atom. The summed E-state index contributed by atoms with van der Waals surface area (Å²) in [5.41, 5.74) is -0.967. The molecule has 23 heavy (non-hydrogen) atoms. The van der Waals surface area contributed by atoms with E-state index >= 15 is 0 Å². The van der Waals surface area contributed by atoms with Crippen LogP contribution in [0.2, 0.25) is 0 Å². The Morgan fingerprint density at radius 1 is 1.30 bits per heavy atom. The number of rotatable bonds is 8. The van der Waals surface area contributed by atoms with E-state index in [9.17, 15) is 14.7 Å². The number of amides is 1. The first kappa shape index (κ1) is 17.3. The number of ether oxygens (including phenoxy) is 2. The van der Waals surface area contributed by atoms with E-state index in [2.05, 4.69) is 0 Å². The van der Waals surface area contributed by atoms with E-state index in [1.807, 2.05) is 30.3 Å². The number of benzene rings is 1. The molecule has 1 saturated heterocycles. The fourth-order valence-electron chi connectivity index (χ4n) is 2.80. The maximum atomic E-state index is 12.2. The lowest BCUT2D eigenvalue weighted by Gasteiger charge is -2.23. The Bertz CT molecular complexity index is 533. The number of methoxy groups -OCH3 is 1. The molecule has 0 saturated carbocycles. The summed E-state index contributed by atoms with van der Waals surface area (Å²) >= 11 is 0. The van der Waals surface area contributed by atoms with Crippen LogP contribution < -0.4 is 4.74 Å². The third kappa shape index (κ3) is 4.45. The summed E-state index contributed by atoms with van der Waals surface area (Å²) in [4.78, 5) is 25.3. The molecule has 126 valence electrons. The molecule has 1 aromatic rings. The maximum Gasteiger partial charge on any atom is 0.313 e. The van der Waals surface area contributed by atoms with E-state index in [0.717, 1.165) is 5.75 Å². The van der Waals surface area contributed by atoms with Gasteiger partial charge in [0.05, 0.1) is 13.2 Å². The third-order valence-electron chi connectivity index (χ3n) is 4.13. The van der Waals surface area contributed by atoms with Crippen LogP contribution >= 0.6 is 0 Å². The lowest BCUT2D eigenvalue weighted by Crippen LogP contribution is -2.40. The number of carboxylic acid groups (broad SMARTS) is 1. The molecule has 1 amide bonds. The molecule has 0 aromatic heterocycles. The van der Waals surface area contributed by atoms with Crippen molar-refractivity contribution >= 4 is 11.9 Å². The first-order valence-electron chi connectivity index (χ1n) is 7.75. The van der Waals surface area contributed by atoms with Gasteiger partial charge in [-0.15, -0.1) is 0 Å². The summed E-state index contributed by atoms with van der Waals surface area (Å²) in [5.74, 6) is -0.144. The molecule has 1 unspecified atom stereocenters. The van der Waals surface area contributed by atoms with Gasteiger partial charge in [0.25, 0.3) is 0 Å². The minimum atomic E-state index is -0.967. The minimum absolute atomic E-state index is 0.0270. The Morgan fingerprint density at radius 3 is 2.70 bits per heavy atom. The van der Waals surface area contributed by atoms with Crippen molar-refractivity contribution in [1.82, 2.24) is 4.90 Å². The Balaban J connectivity index is 1.75. The molecule has 1 aromatic carbocycles. The third-order valence-corrected chi connectivity index (χ3v) is 4.13. The average Bonchev–Trinajstić information content (AvgIpc) is 2.98. The number of aliphatic carboxylic acids is 1. The number of hydrogen-bond acceptors (Lipinski definition) is 4. The molecular formula is C17H23NO5. The van der Waals surface area contributed by atoms with Gasteiger partial charge in [-0.25, -0.2) is 0 Å². The highest BCUT2D eigenvalue weighted by Gasteiger charge is 2.46. The van der Waals surface area contributed by atoms with Crippen LogP contribution in [0.1, 0.15) is 19.3 Å². The molecule has 1 N–H and O–H groups in total. The summed E-state index contributed by atoms with van der Waals surface area (Å²) in [6.07, 6.45) is 1.40. The normalized spacial score (nSPS) is 20.5. The number of para-hydroxylation sites is 1. The standard InChI is InChI=1S/C17H23NO5/c1-22-13-17(16(20)21)9-10-18(12-17)15(19)8-5-11-23-14-6-3-2-4-7-14/h2-4,6-7H,5,8-13H2,1H3,(H,20,21). The Labute approximate surface area is 136 Å². The molecule has 1 fully saturated rings. The van der Waals surface area contributed by atoms with Crippen LogP contribution in [0.3, 0.4) is 0 Å². The summed E-state index contributed by atoms with van der Waals surface area (Å²) in [7, 11) is 1.48. The molecule has 0 radical (unpaired) electrons. The van der Waals surface area contributed by atoms with E-state index in [0.29, 0.717) is 32.4 Å². The van der Waals surface area contributed by atoms with Crippen LogP contribution in [-0.2, 0) is 14.3 Å². The van der Waals surface area contributed by atoms with Gasteiger partial charge >= 0.3 is 5.97 Å². The monoisotopic (exact) mass is 321 g/mol. The van der Waals surface area contributed by atoms with Gasteiger partial charge in [-0.2, -0.15) is 0 Å². The number of carboxylic acids is 1. The van der Waals surface area contributed by atoms with Gasteiger partial charge in [0.2, 0.25) is 5.91 Å². The number of likely N-dealkylation sites (tertiary alicyclic amines) is 1. The predicted octanol–water partition coefficient (Wildman–Crippen LogP) is 1.80. The van der Waals surface area contributed by atoms with Gasteiger partial charge < -0.3 is 19.5 Å². The first-order valence-corrected chi connectivity index (χ1v) is 7.75. The second-order valence-electron chi connectivity index (χ2n) is 5.85.